The minimum Gasteiger partial charge on any atom is -0.593 e. The lowest BCUT2D eigenvalue weighted by molar-refractivity contribution is -0.138. The van der Waals surface area contributed by atoms with Crippen molar-refractivity contribution in [1.29, 1.82) is 0 Å². The van der Waals surface area contributed by atoms with Gasteiger partial charge in [-0.05, 0) is 49.9 Å². The van der Waals surface area contributed by atoms with Gasteiger partial charge in [-0.2, -0.15) is 0 Å². The number of rotatable bonds is 5. The Morgan fingerprint density at radius 1 is 1.06 bits per heavy atom. The molecule has 2 aromatic rings. The third-order valence-corrected chi connectivity index (χ3v) is 9.21. The Labute approximate surface area is 200 Å². The fourth-order valence-electron chi connectivity index (χ4n) is 5.31. The van der Waals surface area contributed by atoms with Gasteiger partial charge in [-0.3, -0.25) is 9.36 Å². The number of hydrogen-bond donors (Lipinski definition) is 0. The molecule has 4 heterocycles. The zero-order valence-electron chi connectivity index (χ0n) is 19.3. The van der Waals surface area contributed by atoms with Crippen molar-refractivity contribution in [2.75, 3.05) is 33.3 Å². The Hall–Kier alpha value is -2.69. The van der Waals surface area contributed by atoms with Crippen LogP contribution >= 0.6 is 0 Å². The number of sulfonamides is 1. The number of carbonyl (C=O) groups excluding carboxylic acids is 2. The molecule has 5 rings (SSSR count). The first-order chi connectivity index (χ1) is 16.4. The van der Waals surface area contributed by atoms with Crippen LogP contribution in [0.5, 0.6) is 5.75 Å². The molecule has 0 N–H and O–H groups in total. The van der Waals surface area contributed by atoms with Crippen LogP contribution in [0.4, 0.5) is 4.79 Å². The molecule has 0 saturated carbocycles. The second-order valence-electron chi connectivity index (χ2n) is 9.19. The number of benzene rings is 1. The molecule has 2 amide bonds. The molecule has 9 nitrogen and oxygen atoms in total. The fourth-order valence-corrected chi connectivity index (χ4v) is 6.81. The first kappa shape index (κ1) is 23.1. The molecule has 0 spiro atoms. The van der Waals surface area contributed by atoms with Crippen molar-refractivity contribution in [3.8, 4) is 5.75 Å². The number of likely N-dealkylation sites (tertiary alicyclic amines) is 1. The van der Waals surface area contributed by atoms with Gasteiger partial charge in [0, 0.05) is 56.1 Å². The third kappa shape index (κ3) is 4.14. The second-order valence-corrected chi connectivity index (χ2v) is 11.1. The first-order valence-corrected chi connectivity index (χ1v) is 13.2. The summed E-state index contributed by atoms with van der Waals surface area (Å²) in [6.45, 7) is 2.54. The van der Waals surface area contributed by atoms with Crippen LogP contribution in [0.2, 0.25) is 0 Å². The average molecular weight is 487 g/mol. The van der Waals surface area contributed by atoms with Crippen molar-refractivity contribution >= 4 is 22.3 Å². The Morgan fingerprint density at radius 2 is 1.79 bits per heavy atom. The zero-order chi connectivity index (χ0) is 23.9. The van der Waals surface area contributed by atoms with Crippen molar-refractivity contribution in [2.24, 2.45) is 5.92 Å². The molecule has 182 valence electrons. The highest BCUT2D eigenvalue weighted by Gasteiger charge is 2.39. The van der Waals surface area contributed by atoms with E-state index in [-0.39, 0.29) is 28.8 Å². The Bertz CT molecular complexity index is 1120. The highest BCUT2D eigenvalue weighted by atomic mass is 32.3. The summed E-state index contributed by atoms with van der Waals surface area (Å²) in [5.41, 5.74) is 1.01. The Balaban J connectivity index is 1.13. The van der Waals surface area contributed by atoms with Crippen molar-refractivity contribution in [3.63, 3.8) is 0 Å². The quantitative estimate of drug-likeness (QED) is 0.605. The molecule has 2 saturated heterocycles. The summed E-state index contributed by atoms with van der Waals surface area (Å²) in [6, 6.07) is 10.5. The lowest BCUT2D eigenvalue weighted by atomic mass is 9.94. The molecule has 3 aliphatic rings. The van der Waals surface area contributed by atoms with Gasteiger partial charge in [-0.15, -0.1) is 4.31 Å². The normalized spacial score (nSPS) is 22.0. The Kier molecular flexibility index (Phi) is 6.22. The molecule has 0 aliphatic carbocycles. The van der Waals surface area contributed by atoms with E-state index in [2.05, 4.69) is 0 Å². The lowest BCUT2D eigenvalue weighted by Crippen LogP contribution is -2.50. The fraction of sp³-hybridized carbons (Fsp3) is 0.500. The van der Waals surface area contributed by atoms with Gasteiger partial charge < -0.3 is 19.1 Å². The van der Waals surface area contributed by atoms with Crippen LogP contribution in [0.25, 0.3) is 0 Å². The van der Waals surface area contributed by atoms with Crippen LogP contribution in [0.3, 0.4) is 0 Å². The smallest absolute Gasteiger partial charge is 0.329 e. The molecular formula is C24H30N4O5S. The minimum atomic E-state index is -3.62. The number of methoxy groups -OCH3 is 1. The van der Waals surface area contributed by atoms with E-state index in [4.69, 9.17) is 4.74 Å². The van der Waals surface area contributed by atoms with E-state index in [0.717, 1.165) is 18.5 Å². The first-order valence-electron chi connectivity index (χ1n) is 11.8. The van der Waals surface area contributed by atoms with Gasteiger partial charge in [0.05, 0.1) is 13.7 Å². The number of aromatic nitrogens is 1. The lowest BCUT2D eigenvalue weighted by Gasteiger charge is -2.39. The van der Waals surface area contributed by atoms with E-state index < -0.39 is 10.4 Å². The number of nitrogens with zero attached hydrogens (tertiary/aromatic N) is 4. The predicted octanol–water partition coefficient (Wildman–Crippen LogP) is 2.59. The van der Waals surface area contributed by atoms with Crippen LogP contribution < -0.4 is 4.74 Å². The van der Waals surface area contributed by atoms with Crippen molar-refractivity contribution in [3.05, 3.63) is 48.3 Å². The van der Waals surface area contributed by atoms with E-state index in [9.17, 15) is 18.4 Å². The maximum Gasteiger partial charge on any atom is 0.329 e. The average Bonchev–Trinajstić information content (AvgIpc) is 3.46. The second kappa shape index (κ2) is 9.16. The maximum absolute atomic E-state index is 13.1. The molecule has 1 aromatic carbocycles. The number of piperidine rings is 2. The SMILES string of the molecule is COc1cccc([S+](=O)([O-])N2CCC(C(=O)N3CCC(N4Cc5cccn5C4=O)CC3)CC2)c1. The van der Waals surface area contributed by atoms with Gasteiger partial charge in [-0.25, -0.2) is 4.79 Å². The number of amides is 2. The molecule has 0 radical (unpaired) electrons. The van der Waals surface area contributed by atoms with Crippen molar-refractivity contribution < 1.29 is 23.1 Å². The summed E-state index contributed by atoms with van der Waals surface area (Å²) < 4.78 is 34.4. The molecule has 1 atom stereocenters. The van der Waals surface area contributed by atoms with Gasteiger partial charge in [-0.1, -0.05) is 10.3 Å². The van der Waals surface area contributed by atoms with Crippen LogP contribution in [0, 0.1) is 5.92 Å². The number of ether oxygens (including phenoxy) is 1. The molecule has 1 aromatic heterocycles. The number of fused-ring (bicyclic) bond motifs is 1. The molecular weight excluding hydrogens is 456 g/mol. The summed E-state index contributed by atoms with van der Waals surface area (Å²) >= 11 is 0. The van der Waals surface area contributed by atoms with Crippen LogP contribution in [0.1, 0.15) is 31.4 Å². The van der Waals surface area contributed by atoms with E-state index in [1.807, 2.05) is 21.9 Å². The van der Waals surface area contributed by atoms with Crippen LogP contribution in [-0.4, -0.2) is 74.5 Å². The van der Waals surface area contributed by atoms with E-state index in [0.29, 0.717) is 51.3 Å². The van der Waals surface area contributed by atoms with E-state index in [1.165, 1.54) is 17.5 Å². The topological polar surface area (TPSA) is 98.1 Å². The van der Waals surface area contributed by atoms with Crippen molar-refractivity contribution in [2.45, 2.75) is 43.2 Å². The van der Waals surface area contributed by atoms with Gasteiger partial charge >= 0.3 is 6.03 Å². The standard InChI is InChI=1S/C24H30N4O5S/c1-33-21-5-2-6-22(16-21)34(31,32)26-14-7-18(8-15-26)23(29)25-12-9-19(10-13-25)28-17-20-4-3-11-27(20)24(28)30/h2-6,11,16,18-19H,7-10,12-15,17H2,1H3. The minimum absolute atomic E-state index is 0.0226. The molecule has 34 heavy (non-hydrogen) atoms. The van der Waals surface area contributed by atoms with Crippen molar-refractivity contribution in [1.82, 2.24) is 18.7 Å². The van der Waals surface area contributed by atoms with Gasteiger partial charge in [0.1, 0.15) is 5.75 Å². The van der Waals surface area contributed by atoms with Gasteiger partial charge in [0.25, 0.3) is 0 Å². The van der Waals surface area contributed by atoms with Gasteiger partial charge in [0.15, 0.2) is 15.3 Å². The Morgan fingerprint density at radius 3 is 2.47 bits per heavy atom. The molecule has 2 fully saturated rings. The van der Waals surface area contributed by atoms with Gasteiger partial charge in [0.2, 0.25) is 5.91 Å². The summed E-state index contributed by atoms with van der Waals surface area (Å²) in [5.74, 6) is 0.442. The maximum atomic E-state index is 13.1. The number of hydrogen-bond acceptors (Lipinski definition) is 5. The summed E-state index contributed by atoms with van der Waals surface area (Å²) in [7, 11) is -2.11. The summed E-state index contributed by atoms with van der Waals surface area (Å²) in [5, 5.41) is 0. The summed E-state index contributed by atoms with van der Waals surface area (Å²) in [6.07, 6.45) is 4.37. The summed E-state index contributed by atoms with van der Waals surface area (Å²) in [4.78, 5) is 29.8. The third-order valence-electron chi connectivity index (χ3n) is 7.32. The van der Waals surface area contributed by atoms with E-state index >= 15 is 0 Å². The van der Waals surface area contributed by atoms with Crippen LogP contribution in [0.15, 0.2) is 47.5 Å². The monoisotopic (exact) mass is 486 g/mol. The highest BCUT2D eigenvalue weighted by Crippen LogP contribution is 2.31. The zero-order valence-corrected chi connectivity index (χ0v) is 20.1. The highest BCUT2D eigenvalue weighted by molar-refractivity contribution is 7.95. The molecule has 1 unspecified atom stereocenters. The van der Waals surface area contributed by atoms with E-state index in [1.54, 1.807) is 29.0 Å². The predicted molar refractivity (Wildman–Crippen MR) is 125 cm³/mol. The number of carbonyl (C=O) groups is 2. The molecule has 10 heteroatoms. The largest absolute Gasteiger partial charge is 0.593 e. The molecule has 3 aliphatic heterocycles. The van der Waals surface area contributed by atoms with Crippen LogP contribution in [-0.2, 0) is 25.9 Å². The molecule has 0 bridgehead atoms.